The van der Waals surface area contributed by atoms with Gasteiger partial charge in [0.05, 0.1) is 6.61 Å². The number of ether oxygens (including phenoxy) is 1. The maximum Gasteiger partial charge on any atom is 0.218 e. The van der Waals surface area contributed by atoms with Gasteiger partial charge >= 0.3 is 0 Å². The van der Waals surface area contributed by atoms with Crippen molar-refractivity contribution in [2.24, 2.45) is 5.41 Å². The van der Waals surface area contributed by atoms with Crippen LogP contribution in [0.2, 0.25) is 0 Å². The van der Waals surface area contributed by atoms with Gasteiger partial charge in [-0.2, -0.15) is 4.98 Å². The molecule has 1 aromatic heterocycles. The van der Waals surface area contributed by atoms with Gasteiger partial charge in [0, 0.05) is 12.1 Å². The predicted molar refractivity (Wildman–Crippen MR) is 77.6 cm³/mol. The number of aryl methyl sites for hydroxylation is 1. The van der Waals surface area contributed by atoms with Crippen molar-refractivity contribution in [3.63, 3.8) is 0 Å². The smallest absolute Gasteiger partial charge is 0.218 e. The molecule has 106 valence electrons. The van der Waals surface area contributed by atoms with Gasteiger partial charge in [-0.3, -0.25) is 0 Å². The summed E-state index contributed by atoms with van der Waals surface area (Å²) in [4.78, 5) is 8.71. The molecule has 0 unspecified atom stereocenters. The fraction of sp³-hybridized carbons (Fsp3) is 0.733. The number of nitrogens with zero attached hydrogens (tertiary/aromatic N) is 2. The third-order valence-electron chi connectivity index (χ3n) is 3.80. The molecule has 1 aliphatic rings. The summed E-state index contributed by atoms with van der Waals surface area (Å²) in [5.74, 6) is 2.30. The summed E-state index contributed by atoms with van der Waals surface area (Å²) in [6.07, 6.45) is 4.96. The molecular formula is C15H25N3O. The Morgan fingerprint density at radius 3 is 2.63 bits per heavy atom. The molecule has 1 aliphatic carbocycles. The van der Waals surface area contributed by atoms with E-state index in [2.05, 4.69) is 29.1 Å². The van der Waals surface area contributed by atoms with E-state index in [4.69, 9.17) is 4.74 Å². The van der Waals surface area contributed by atoms with Crippen molar-refractivity contribution in [2.45, 2.75) is 59.4 Å². The number of hydrogen-bond donors (Lipinski definition) is 1. The van der Waals surface area contributed by atoms with Gasteiger partial charge in [-0.05, 0) is 44.9 Å². The molecule has 0 bridgehead atoms. The molecule has 2 rings (SSSR count). The van der Waals surface area contributed by atoms with Gasteiger partial charge in [0.2, 0.25) is 5.88 Å². The lowest BCUT2D eigenvalue weighted by Gasteiger charge is -2.34. The van der Waals surface area contributed by atoms with Crippen LogP contribution in [0.1, 0.15) is 52.3 Å². The van der Waals surface area contributed by atoms with E-state index in [1.54, 1.807) is 0 Å². The Bertz CT molecular complexity index is 421. The normalized spacial score (nSPS) is 19.2. The van der Waals surface area contributed by atoms with Crippen molar-refractivity contribution in [3.05, 3.63) is 11.9 Å². The fourth-order valence-electron chi connectivity index (χ4n) is 2.59. The molecule has 4 nitrogen and oxygen atoms in total. The van der Waals surface area contributed by atoms with E-state index < -0.39 is 0 Å². The molecule has 1 N–H and O–H groups in total. The van der Waals surface area contributed by atoms with E-state index in [1.807, 2.05) is 19.9 Å². The summed E-state index contributed by atoms with van der Waals surface area (Å²) in [6, 6.07) is 2.42. The number of hydrogen-bond acceptors (Lipinski definition) is 4. The van der Waals surface area contributed by atoms with Crippen LogP contribution in [0.5, 0.6) is 5.88 Å². The molecule has 1 fully saturated rings. The lowest BCUT2D eigenvalue weighted by Crippen LogP contribution is -2.30. The summed E-state index contributed by atoms with van der Waals surface area (Å²) in [7, 11) is 0. The van der Waals surface area contributed by atoms with Crippen molar-refractivity contribution in [1.82, 2.24) is 9.97 Å². The molecule has 0 saturated heterocycles. The Hall–Kier alpha value is -1.32. The highest BCUT2D eigenvalue weighted by Gasteiger charge is 2.26. The van der Waals surface area contributed by atoms with E-state index >= 15 is 0 Å². The molecule has 1 saturated carbocycles. The minimum atomic E-state index is 0.496. The van der Waals surface area contributed by atoms with Gasteiger partial charge in [-0.1, -0.05) is 13.8 Å². The van der Waals surface area contributed by atoms with Crippen LogP contribution in [0.15, 0.2) is 6.07 Å². The first kappa shape index (κ1) is 14.1. The van der Waals surface area contributed by atoms with E-state index in [-0.39, 0.29) is 0 Å². The first-order chi connectivity index (χ1) is 8.98. The fourth-order valence-corrected chi connectivity index (χ4v) is 2.59. The zero-order valence-corrected chi connectivity index (χ0v) is 12.5. The van der Waals surface area contributed by atoms with Crippen LogP contribution in [0, 0.1) is 12.3 Å². The van der Waals surface area contributed by atoms with Crippen LogP contribution in [0.25, 0.3) is 0 Å². The third-order valence-corrected chi connectivity index (χ3v) is 3.80. The van der Waals surface area contributed by atoms with Crippen molar-refractivity contribution in [3.8, 4) is 5.88 Å². The van der Waals surface area contributed by atoms with Crippen molar-refractivity contribution < 1.29 is 4.74 Å². The average molecular weight is 263 g/mol. The molecule has 0 aromatic carbocycles. The Balaban J connectivity index is 1.99. The molecule has 0 amide bonds. The second-order valence-electron chi connectivity index (χ2n) is 6.15. The molecular weight excluding hydrogens is 238 g/mol. The molecule has 1 heterocycles. The second kappa shape index (κ2) is 5.76. The highest BCUT2D eigenvalue weighted by Crippen LogP contribution is 2.36. The van der Waals surface area contributed by atoms with Crippen molar-refractivity contribution in [2.75, 3.05) is 11.9 Å². The molecule has 0 aliphatic heterocycles. The van der Waals surface area contributed by atoms with Crippen LogP contribution < -0.4 is 10.1 Å². The maximum atomic E-state index is 5.46. The Morgan fingerprint density at radius 1 is 1.32 bits per heavy atom. The van der Waals surface area contributed by atoms with Crippen LogP contribution >= 0.6 is 0 Å². The number of rotatable bonds is 4. The minimum absolute atomic E-state index is 0.496. The van der Waals surface area contributed by atoms with Crippen molar-refractivity contribution in [1.29, 1.82) is 0 Å². The molecule has 0 atom stereocenters. The summed E-state index contributed by atoms with van der Waals surface area (Å²) in [5.41, 5.74) is 0.496. The van der Waals surface area contributed by atoms with Crippen LogP contribution in [0.4, 0.5) is 5.82 Å². The lowest BCUT2D eigenvalue weighted by molar-refractivity contribution is 0.232. The minimum Gasteiger partial charge on any atom is -0.478 e. The summed E-state index contributed by atoms with van der Waals surface area (Å²) in [5, 5.41) is 3.53. The van der Waals surface area contributed by atoms with E-state index in [0.29, 0.717) is 23.9 Å². The Labute approximate surface area is 116 Å². The molecule has 1 aromatic rings. The Kier molecular flexibility index (Phi) is 4.27. The summed E-state index contributed by atoms with van der Waals surface area (Å²) < 4.78 is 5.46. The number of anilines is 1. The SMILES string of the molecule is CCOc1cc(NC2CCC(C)(C)CC2)nc(C)n1. The van der Waals surface area contributed by atoms with Gasteiger partial charge < -0.3 is 10.1 Å². The highest BCUT2D eigenvalue weighted by atomic mass is 16.5. The first-order valence-electron chi connectivity index (χ1n) is 7.23. The Morgan fingerprint density at radius 2 is 2.00 bits per heavy atom. The van der Waals surface area contributed by atoms with Gasteiger partial charge in [0.15, 0.2) is 0 Å². The zero-order valence-electron chi connectivity index (χ0n) is 12.5. The highest BCUT2D eigenvalue weighted by molar-refractivity contribution is 5.39. The third kappa shape index (κ3) is 4.08. The van der Waals surface area contributed by atoms with Crippen molar-refractivity contribution >= 4 is 5.82 Å². The second-order valence-corrected chi connectivity index (χ2v) is 6.15. The van der Waals surface area contributed by atoms with Crippen LogP contribution in [-0.4, -0.2) is 22.6 Å². The average Bonchev–Trinajstić information content (AvgIpc) is 2.32. The van der Waals surface area contributed by atoms with Gasteiger partial charge in [-0.15, -0.1) is 0 Å². The standard InChI is InChI=1S/C15H25N3O/c1-5-19-14-10-13(16-11(2)17-14)18-12-6-8-15(3,4)9-7-12/h10,12H,5-9H2,1-4H3,(H,16,17,18). The van der Waals surface area contributed by atoms with Gasteiger partial charge in [0.1, 0.15) is 11.6 Å². The van der Waals surface area contributed by atoms with Gasteiger partial charge in [-0.25, -0.2) is 4.98 Å². The number of nitrogens with one attached hydrogen (secondary N) is 1. The monoisotopic (exact) mass is 263 g/mol. The molecule has 0 radical (unpaired) electrons. The molecule has 19 heavy (non-hydrogen) atoms. The lowest BCUT2D eigenvalue weighted by atomic mass is 9.75. The van der Waals surface area contributed by atoms with E-state index in [0.717, 1.165) is 11.6 Å². The van der Waals surface area contributed by atoms with E-state index in [1.165, 1.54) is 25.7 Å². The number of aromatic nitrogens is 2. The van der Waals surface area contributed by atoms with Gasteiger partial charge in [0.25, 0.3) is 0 Å². The topological polar surface area (TPSA) is 47.0 Å². The summed E-state index contributed by atoms with van der Waals surface area (Å²) in [6.45, 7) is 9.20. The quantitative estimate of drug-likeness (QED) is 0.902. The first-order valence-corrected chi connectivity index (χ1v) is 7.23. The maximum absolute atomic E-state index is 5.46. The molecule has 4 heteroatoms. The molecule has 0 spiro atoms. The van der Waals surface area contributed by atoms with Crippen LogP contribution in [-0.2, 0) is 0 Å². The summed E-state index contributed by atoms with van der Waals surface area (Å²) >= 11 is 0. The van der Waals surface area contributed by atoms with Crippen LogP contribution in [0.3, 0.4) is 0 Å². The largest absolute Gasteiger partial charge is 0.478 e. The zero-order chi connectivity index (χ0) is 13.9. The predicted octanol–water partition coefficient (Wildman–Crippen LogP) is 3.56. The van der Waals surface area contributed by atoms with E-state index in [9.17, 15) is 0 Å².